The smallest absolute Gasteiger partial charge is 0.274 e. The first-order valence-corrected chi connectivity index (χ1v) is 10.2. The van der Waals surface area contributed by atoms with Crippen molar-refractivity contribution >= 4 is 5.91 Å². The summed E-state index contributed by atoms with van der Waals surface area (Å²) in [6, 6.07) is 11.8. The third kappa shape index (κ3) is 3.87. The van der Waals surface area contributed by atoms with Crippen molar-refractivity contribution in [3.8, 4) is 5.75 Å². The quantitative estimate of drug-likeness (QED) is 0.798. The molecular formula is C22H29N3O2. The lowest BCUT2D eigenvalue weighted by Crippen LogP contribution is -2.40. The van der Waals surface area contributed by atoms with E-state index < -0.39 is 0 Å². The van der Waals surface area contributed by atoms with Gasteiger partial charge in [0.2, 0.25) is 0 Å². The lowest BCUT2D eigenvalue weighted by atomic mass is 9.73. The molecule has 1 aromatic carbocycles. The van der Waals surface area contributed by atoms with Crippen LogP contribution in [-0.4, -0.2) is 39.8 Å². The Morgan fingerprint density at radius 3 is 2.67 bits per heavy atom. The summed E-state index contributed by atoms with van der Waals surface area (Å²) in [5.41, 5.74) is 0.820. The maximum Gasteiger partial charge on any atom is 0.274 e. The van der Waals surface area contributed by atoms with Gasteiger partial charge in [-0.2, -0.15) is 5.10 Å². The van der Waals surface area contributed by atoms with Crippen molar-refractivity contribution in [2.45, 2.75) is 58.0 Å². The molecular weight excluding hydrogens is 338 g/mol. The number of rotatable bonds is 5. The van der Waals surface area contributed by atoms with E-state index in [0.717, 1.165) is 25.3 Å². The number of carbonyl (C=O) groups is 1. The monoisotopic (exact) mass is 367 g/mol. The number of ether oxygens (including phenoxy) is 1. The molecule has 2 aromatic rings. The van der Waals surface area contributed by atoms with Crippen molar-refractivity contribution in [1.82, 2.24) is 14.7 Å². The maximum absolute atomic E-state index is 13.2. The van der Waals surface area contributed by atoms with Gasteiger partial charge in [-0.25, -0.2) is 0 Å². The third-order valence-electron chi connectivity index (χ3n) is 6.16. The highest BCUT2D eigenvalue weighted by Crippen LogP contribution is 2.46. The molecule has 1 amide bonds. The van der Waals surface area contributed by atoms with E-state index in [1.54, 1.807) is 0 Å². The van der Waals surface area contributed by atoms with Gasteiger partial charge in [0.05, 0.1) is 6.04 Å². The van der Waals surface area contributed by atoms with E-state index in [0.29, 0.717) is 12.3 Å². The Kier molecular flexibility index (Phi) is 5.19. The average Bonchev–Trinajstić information content (AvgIpc) is 3.32. The second-order valence-corrected chi connectivity index (χ2v) is 8.03. The van der Waals surface area contributed by atoms with E-state index in [1.165, 1.54) is 32.1 Å². The van der Waals surface area contributed by atoms with Gasteiger partial charge in [0.25, 0.3) is 5.91 Å². The van der Waals surface area contributed by atoms with Gasteiger partial charge >= 0.3 is 0 Å². The number of hydrogen-bond acceptors (Lipinski definition) is 3. The zero-order valence-electron chi connectivity index (χ0n) is 16.1. The van der Waals surface area contributed by atoms with E-state index in [-0.39, 0.29) is 17.4 Å². The van der Waals surface area contributed by atoms with Crippen LogP contribution in [-0.2, 0) is 6.54 Å². The third-order valence-corrected chi connectivity index (χ3v) is 6.16. The van der Waals surface area contributed by atoms with Crippen LogP contribution in [0.4, 0.5) is 0 Å². The molecule has 1 aliphatic heterocycles. The number of aryl methyl sites for hydroxylation is 1. The molecule has 5 nitrogen and oxygen atoms in total. The first-order chi connectivity index (χ1) is 13.2. The predicted octanol–water partition coefficient (Wildman–Crippen LogP) is 4.15. The Bertz CT molecular complexity index is 765. The fourth-order valence-electron chi connectivity index (χ4n) is 4.72. The van der Waals surface area contributed by atoms with Gasteiger partial charge in [-0.15, -0.1) is 0 Å². The normalized spacial score (nSPS) is 21.5. The lowest BCUT2D eigenvalue weighted by molar-refractivity contribution is 0.0667. The van der Waals surface area contributed by atoms with Crippen LogP contribution in [0, 0.1) is 5.41 Å². The molecule has 1 aromatic heterocycles. The first-order valence-electron chi connectivity index (χ1n) is 10.2. The number of benzene rings is 1. The number of likely N-dealkylation sites (tertiary alicyclic amines) is 1. The van der Waals surface area contributed by atoms with Gasteiger partial charge in [-0.1, -0.05) is 37.5 Å². The molecule has 2 aliphatic rings. The Labute approximate surface area is 161 Å². The fraction of sp³-hybridized carbons (Fsp3) is 0.545. The second-order valence-electron chi connectivity index (χ2n) is 8.03. The molecule has 4 rings (SSSR count). The van der Waals surface area contributed by atoms with Crippen LogP contribution in [0.15, 0.2) is 42.6 Å². The minimum atomic E-state index is 0.0475. The highest BCUT2D eigenvalue weighted by atomic mass is 16.5. The Balaban J connectivity index is 1.52. The molecule has 144 valence electrons. The Morgan fingerprint density at radius 1 is 1.19 bits per heavy atom. The van der Waals surface area contributed by atoms with Crippen molar-refractivity contribution < 1.29 is 9.53 Å². The molecule has 2 heterocycles. The fourth-order valence-corrected chi connectivity index (χ4v) is 4.72. The van der Waals surface area contributed by atoms with Crippen LogP contribution >= 0.6 is 0 Å². The largest absolute Gasteiger partial charge is 0.491 e. The maximum atomic E-state index is 13.2. The topological polar surface area (TPSA) is 47.4 Å². The van der Waals surface area contributed by atoms with Gasteiger partial charge in [0, 0.05) is 19.3 Å². The van der Waals surface area contributed by atoms with Crippen LogP contribution in [0.2, 0.25) is 0 Å². The second kappa shape index (κ2) is 7.75. The van der Waals surface area contributed by atoms with Crippen molar-refractivity contribution in [2.75, 3.05) is 13.2 Å². The zero-order chi connectivity index (χ0) is 18.7. The minimum absolute atomic E-state index is 0.0475. The molecule has 1 aliphatic carbocycles. The summed E-state index contributed by atoms with van der Waals surface area (Å²) >= 11 is 0. The minimum Gasteiger partial charge on any atom is -0.491 e. The number of nitrogens with zero attached hydrogens (tertiary/aromatic N) is 3. The van der Waals surface area contributed by atoms with Gasteiger partial charge in [0.15, 0.2) is 0 Å². The summed E-state index contributed by atoms with van der Waals surface area (Å²) in [5, 5.41) is 4.44. The lowest BCUT2D eigenvalue weighted by Gasteiger charge is -2.33. The molecule has 2 fully saturated rings. The number of hydrogen-bond donors (Lipinski definition) is 0. The SMILES string of the molecule is CCn1ccc(C(=O)N2CC3(CCCCC3)CC2COc2ccccc2)n1. The zero-order valence-corrected chi connectivity index (χ0v) is 16.1. The van der Waals surface area contributed by atoms with Gasteiger partial charge in [-0.05, 0) is 49.8 Å². The van der Waals surface area contributed by atoms with E-state index in [4.69, 9.17) is 4.74 Å². The highest BCUT2D eigenvalue weighted by Gasteiger charge is 2.46. The van der Waals surface area contributed by atoms with Gasteiger partial charge < -0.3 is 9.64 Å². The summed E-state index contributed by atoms with van der Waals surface area (Å²) in [6.45, 7) is 4.20. The van der Waals surface area contributed by atoms with Gasteiger partial charge in [0.1, 0.15) is 18.1 Å². The number of aromatic nitrogens is 2. The van der Waals surface area contributed by atoms with E-state index in [9.17, 15) is 4.79 Å². The molecule has 0 radical (unpaired) electrons. The Hall–Kier alpha value is -2.30. The molecule has 27 heavy (non-hydrogen) atoms. The van der Waals surface area contributed by atoms with Crippen molar-refractivity contribution in [3.05, 3.63) is 48.3 Å². The van der Waals surface area contributed by atoms with E-state index in [1.807, 2.05) is 59.1 Å². The van der Waals surface area contributed by atoms with Crippen molar-refractivity contribution in [1.29, 1.82) is 0 Å². The summed E-state index contributed by atoms with van der Waals surface area (Å²) in [6.07, 6.45) is 9.25. The number of carbonyl (C=O) groups excluding carboxylic acids is 1. The van der Waals surface area contributed by atoms with Crippen LogP contribution in [0.1, 0.15) is 55.9 Å². The predicted molar refractivity (Wildman–Crippen MR) is 105 cm³/mol. The standard InChI is InChI=1S/C22H29N3O2/c1-2-24-14-11-20(23-24)21(26)25-17-22(12-7-4-8-13-22)15-18(25)16-27-19-9-5-3-6-10-19/h3,5-6,9-11,14,18H,2,4,7-8,12-13,15-17H2,1H3. The number of amides is 1. The highest BCUT2D eigenvalue weighted by molar-refractivity contribution is 5.92. The molecule has 1 spiro atoms. The molecule has 1 unspecified atom stereocenters. The summed E-state index contributed by atoms with van der Waals surface area (Å²) in [7, 11) is 0. The molecule has 1 saturated heterocycles. The van der Waals surface area contributed by atoms with Crippen molar-refractivity contribution in [2.24, 2.45) is 5.41 Å². The molecule has 5 heteroatoms. The summed E-state index contributed by atoms with van der Waals surface area (Å²) in [5.74, 6) is 0.913. The average molecular weight is 367 g/mol. The van der Waals surface area contributed by atoms with Crippen LogP contribution < -0.4 is 4.74 Å². The first kappa shape index (κ1) is 18.1. The molecule has 0 N–H and O–H groups in total. The van der Waals surface area contributed by atoms with Crippen LogP contribution in [0.5, 0.6) is 5.75 Å². The molecule has 1 atom stereocenters. The summed E-state index contributed by atoms with van der Waals surface area (Å²) in [4.78, 5) is 15.3. The Morgan fingerprint density at radius 2 is 1.96 bits per heavy atom. The van der Waals surface area contributed by atoms with Crippen LogP contribution in [0.3, 0.4) is 0 Å². The van der Waals surface area contributed by atoms with Gasteiger partial charge in [-0.3, -0.25) is 9.48 Å². The molecule has 1 saturated carbocycles. The molecule has 0 bridgehead atoms. The van der Waals surface area contributed by atoms with E-state index in [2.05, 4.69) is 5.10 Å². The van der Waals surface area contributed by atoms with Crippen molar-refractivity contribution in [3.63, 3.8) is 0 Å². The number of para-hydroxylation sites is 1. The van der Waals surface area contributed by atoms with E-state index >= 15 is 0 Å². The van der Waals surface area contributed by atoms with Crippen LogP contribution in [0.25, 0.3) is 0 Å². The summed E-state index contributed by atoms with van der Waals surface area (Å²) < 4.78 is 7.86.